The molecule has 0 aliphatic carbocycles. The summed E-state index contributed by atoms with van der Waals surface area (Å²) in [6.07, 6.45) is 4.32. The van der Waals surface area contributed by atoms with Crippen molar-refractivity contribution >= 4 is 11.7 Å². The van der Waals surface area contributed by atoms with Crippen LogP contribution in [0.5, 0.6) is 0 Å². The second kappa shape index (κ2) is 6.76. The van der Waals surface area contributed by atoms with Crippen LogP contribution in [-0.4, -0.2) is 52.2 Å². The third kappa shape index (κ3) is 3.17. The average molecular weight is 393 g/mol. The van der Waals surface area contributed by atoms with E-state index in [4.69, 9.17) is 4.74 Å². The van der Waals surface area contributed by atoms with Gasteiger partial charge in [0.15, 0.2) is 0 Å². The topological polar surface area (TPSA) is 80.2 Å². The van der Waals surface area contributed by atoms with Gasteiger partial charge in [-0.1, -0.05) is 6.07 Å². The summed E-state index contributed by atoms with van der Waals surface area (Å²) in [6.45, 7) is 8.18. The molecule has 0 saturated carbocycles. The van der Waals surface area contributed by atoms with Crippen LogP contribution in [0.1, 0.15) is 40.4 Å². The first-order valence-corrected chi connectivity index (χ1v) is 10.4. The van der Waals surface area contributed by atoms with Crippen molar-refractivity contribution in [1.29, 1.82) is 0 Å². The molecule has 5 heterocycles. The number of carbonyl (C=O) groups excluding carboxylic acids is 1. The van der Waals surface area contributed by atoms with Gasteiger partial charge in [-0.25, -0.2) is 15.0 Å². The highest BCUT2D eigenvalue weighted by atomic mass is 16.5. The molecule has 3 fully saturated rings. The minimum Gasteiger partial charge on any atom is -0.369 e. The number of aryl methyl sites for hydroxylation is 3. The van der Waals surface area contributed by atoms with Crippen LogP contribution >= 0.6 is 0 Å². The van der Waals surface area contributed by atoms with E-state index in [1.54, 1.807) is 6.07 Å². The van der Waals surface area contributed by atoms with Crippen molar-refractivity contribution in [2.45, 2.75) is 45.3 Å². The summed E-state index contributed by atoms with van der Waals surface area (Å²) >= 11 is 0. The number of rotatable bonds is 4. The summed E-state index contributed by atoms with van der Waals surface area (Å²) in [6, 6.07) is 5.94. The summed E-state index contributed by atoms with van der Waals surface area (Å²) in [5.74, 6) is 2.24. The number of ether oxygens (including phenoxy) is 1. The van der Waals surface area contributed by atoms with E-state index in [1.165, 1.54) is 5.56 Å². The van der Waals surface area contributed by atoms with E-state index < -0.39 is 0 Å². The van der Waals surface area contributed by atoms with Gasteiger partial charge in [-0.15, -0.1) is 0 Å². The van der Waals surface area contributed by atoms with Crippen LogP contribution in [0.2, 0.25) is 0 Å². The molecular weight excluding hydrogens is 366 g/mol. The molecule has 29 heavy (non-hydrogen) atoms. The van der Waals surface area contributed by atoms with Crippen LogP contribution in [0.15, 0.2) is 24.4 Å². The van der Waals surface area contributed by atoms with Crippen LogP contribution in [0.25, 0.3) is 0 Å². The van der Waals surface area contributed by atoms with E-state index in [-0.39, 0.29) is 17.6 Å². The molecule has 2 aromatic rings. The van der Waals surface area contributed by atoms with Crippen LogP contribution in [-0.2, 0) is 4.74 Å². The minimum absolute atomic E-state index is 0.0886. The van der Waals surface area contributed by atoms with E-state index in [9.17, 15) is 4.79 Å². The van der Waals surface area contributed by atoms with Gasteiger partial charge in [0.2, 0.25) is 0 Å². The number of hydrogen-bond acceptors (Lipinski definition) is 6. The molecule has 7 nitrogen and oxygen atoms in total. The van der Waals surface area contributed by atoms with Gasteiger partial charge in [-0.3, -0.25) is 4.79 Å². The average Bonchev–Trinajstić information content (AvgIpc) is 3.34. The van der Waals surface area contributed by atoms with Crippen molar-refractivity contribution in [3.8, 4) is 0 Å². The highest BCUT2D eigenvalue weighted by molar-refractivity contribution is 5.92. The van der Waals surface area contributed by atoms with E-state index >= 15 is 0 Å². The lowest BCUT2D eigenvalue weighted by molar-refractivity contribution is 0.0141. The van der Waals surface area contributed by atoms with Crippen LogP contribution < -0.4 is 10.2 Å². The first kappa shape index (κ1) is 18.5. The quantitative estimate of drug-likeness (QED) is 0.858. The minimum atomic E-state index is -0.134. The Morgan fingerprint density at radius 1 is 1.31 bits per heavy atom. The van der Waals surface area contributed by atoms with Gasteiger partial charge in [0.05, 0.1) is 11.7 Å². The molecule has 7 heteroatoms. The zero-order valence-electron chi connectivity index (χ0n) is 17.2. The molecule has 5 rings (SSSR count). The first-order valence-electron chi connectivity index (χ1n) is 10.4. The zero-order chi connectivity index (χ0) is 20.2. The third-order valence-corrected chi connectivity index (χ3v) is 6.70. The number of fused-ring (bicyclic) bond motifs is 1. The maximum absolute atomic E-state index is 12.7. The molecule has 3 aliphatic rings. The highest BCUT2D eigenvalue weighted by Crippen LogP contribution is 2.55. The Balaban J connectivity index is 1.29. The van der Waals surface area contributed by atoms with Gasteiger partial charge in [0, 0.05) is 43.4 Å². The van der Waals surface area contributed by atoms with Gasteiger partial charge in [0.1, 0.15) is 17.3 Å². The Morgan fingerprint density at radius 3 is 2.93 bits per heavy atom. The monoisotopic (exact) mass is 393 g/mol. The fourth-order valence-corrected chi connectivity index (χ4v) is 5.42. The lowest BCUT2D eigenvalue weighted by Gasteiger charge is -2.29. The van der Waals surface area contributed by atoms with Crippen LogP contribution in [0.4, 0.5) is 5.82 Å². The van der Waals surface area contributed by atoms with Crippen LogP contribution in [0, 0.1) is 32.6 Å². The fourth-order valence-electron chi connectivity index (χ4n) is 5.42. The Bertz CT molecular complexity index is 926. The predicted molar refractivity (Wildman–Crippen MR) is 109 cm³/mol. The number of aromatic nitrogens is 3. The molecule has 1 amide bonds. The maximum atomic E-state index is 12.7. The maximum Gasteiger partial charge on any atom is 0.270 e. The molecule has 0 aromatic carbocycles. The number of amides is 1. The lowest BCUT2D eigenvalue weighted by Crippen LogP contribution is -2.42. The van der Waals surface area contributed by atoms with E-state index in [0.717, 1.165) is 37.4 Å². The standard InChI is InChI=1S/C22H27N5O2/c1-13-4-5-20(23-9-13)27-11-17-16(19-6-7-22(17,12-27)29-19)10-24-21(28)18-8-14(2)25-15(3)26-18/h4-5,8-9,16-17,19H,6-7,10-12H2,1-3H3,(H,24,28)/t16-,17+,19+,22+/m0/s1. The second-order valence-corrected chi connectivity index (χ2v) is 8.76. The Morgan fingerprint density at radius 2 is 2.17 bits per heavy atom. The lowest BCUT2D eigenvalue weighted by atomic mass is 9.73. The molecule has 0 radical (unpaired) electrons. The summed E-state index contributed by atoms with van der Waals surface area (Å²) in [4.78, 5) is 28.1. The molecular formula is C22H27N5O2. The predicted octanol–water partition coefficient (Wildman–Crippen LogP) is 2.21. The van der Waals surface area contributed by atoms with Crippen LogP contribution in [0.3, 0.4) is 0 Å². The summed E-state index contributed by atoms with van der Waals surface area (Å²) in [5.41, 5.74) is 2.32. The Hall–Kier alpha value is -2.54. The molecule has 1 N–H and O–H groups in total. The smallest absolute Gasteiger partial charge is 0.270 e. The Labute approximate surface area is 170 Å². The molecule has 1 spiro atoms. The molecule has 152 valence electrons. The van der Waals surface area contributed by atoms with Crippen molar-refractivity contribution in [2.75, 3.05) is 24.5 Å². The molecule has 2 aromatic heterocycles. The van der Waals surface area contributed by atoms with Gasteiger partial charge >= 0.3 is 0 Å². The number of nitrogens with one attached hydrogen (secondary N) is 1. The van der Waals surface area contributed by atoms with Gasteiger partial charge in [-0.2, -0.15) is 0 Å². The van der Waals surface area contributed by atoms with Crippen molar-refractivity contribution in [3.05, 3.63) is 47.2 Å². The molecule has 0 unspecified atom stereocenters. The van der Waals surface area contributed by atoms with Gasteiger partial charge in [0.25, 0.3) is 5.91 Å². The Kier molecular flexibility index (Phi) is 4.31. The summed E-state index contributed by atoms with van der Waals surface area (Å²) in [5, 5.41) is 3.11. The normalized spacial score (nSPS) is 29.9. The number of anilines is 1. The molecule has 2 bridgehead atoms. The van der Waals surface area contributed by atoms with E-state index in [1.807, 2.05) is 20.0 Å². The van der Waals surface area contributed by atoms with Crippen molar-refractivity contribution < 1.29 is 9.53 Å². The number of pyridine rings is 1. The zero-order valence-corrected chi connectivity index (χ0v) is 17.2. The largest absolute Gasteiger partial charge is 0.369 e. The number of nitrogens with zero attached hydrogens (tertiary/aromatic N) is 4. The number of carbonyl (C=O) groups is 1. The molecule has 4 atom stereocenters. The molecule has 3 aliphatic heterocycles. The second-order valence-electron chi connectivity index (χ2n) is 8.76. The third-order valence-electron chi connectivity index (χ3n) is 6.70. The van der Waals surface area contributed by atoms with Crippen molar-refractivity contribution in [2.24, 2.45) is 11.8 Å². The highest BCUT2D eigenvalue weighted by Gasteiger charge is 2.63. The van der Waals surface area contributed by atoms with Crippen molar-refractivity contribution in [1.82, 2.24) is 20.3 Å². The summed E-state index contributed by atoms with van der Waals surface area (Å²) in [7, 11) is 0. The SMILES string of the molecule is Cc1ccc(N2C[C@@H]3[C@H](CNC(=O)c4cc(C)nc(C)n4)[C@H]4CC[C@]3(C2)O4)nc1. The first-order chi connectivity index (χ1) is 13.9. The fraction of sp³-hybridized carbons (Fsp3) is 0.545. The molecule has 3 saturated heterocycles. The van der Waals surface area contributed by atoms with Crippen molar-refractivity contribution in [3.63, 3.8) is 0 Å². The van der Waals surface area contributed by atoms with E-state index in [0.29, 0.717) is 29.9 Å². The van der Waals surface area contributed by atoms with Gasteiger partial charge in [-0.05, 0) is 51.3 Å². The van der Waals surface area contributed by atoms with E-state index in [2.05, 4.69) is 44.2 Å². The summed E-state index contributed by atoms with van der Waals surface area (Å²) < 4.78 is 6.50. The van der Waals surface area contributed by atoms with Gasteiger partial charge < -0.3 is 15.0 Å². The number of hydrogen-bond donors (Lipinski definition) is 1.